The van der Waals surface area contributed by atoms with Crippen molar-refractivity contribution in [3.8, 4) is 0 Å². The van der Waals surface area contributed by atoms with Crippen molar-refractivity contribution in [1.82, 2.24) is 10.2 Å². The van der Waals surface area contributed by atoms with E-state index in [1.165, 1.54) is 0 Å². The highest BCUT2D eigenvalue weighted by Crippen LogP contribution is 2.22. The Balaban J connectivity index is 1.75. The fourth-order valence-electron chi connectivity index (χ4n) is 2.55. The van der Waals surface area contributed by atoms with Crippen molar-refractivity contribution in [2.75, 3.05) is 31.5 Å². The lowest BCUT2D eigenvalue weighted by Gasteiger charge is -2.29. The first kappa shape index (κ1) is 17.7. The molecule has 0 spiro atoms. The van der Waals surface area contributed by atoms with Gasteiger partial charge in [-0.3, -0.25) is 14.5 Å². The third-order valence-corrected chi connectivity index (χ3v) is 4.25. The molecule has 126 valence electrons. The van der Waals surface area contributed by atoms with Gasteiger partial charge in [0.25, 0.3) is 0 Å². The number of halogens is 1. The van der Waals surface area contributed by atoms with E-state index in [4.69, 9.17) is 11.6 Å². The molecule has 1 aliphatic heterocycles. The van der Waals surface area contributed by atoms with Crippen LogP contribution in [0.2, 0.25) is 5.02 Å². The van der Waals surface area contributed by atoms with Crippen LogP contribution in [0.3, 0.4) is 0 Å². The van der Waals surface area contributed by atoms with E-state index < -0.39 is 0 Å². The molecular formula is C16H22ClN3O3. The molecule has 1 saturated heterocycles. The van der Waals surface area contributed by atoms with E-state index in [0.717, 1.165) is 24.9 Å². The van der Waals surface area contributed by atoms with E-state index in [-0.39, 0.29) is 31.0 Å². The van der Waals surface area contributed by atoms with Gasteiger partial charge in [0.2, 0.25) is 11.8 Å². The fourth-order valence-corrected chi connectivity index (χ4v) is 2.72. The molecule has 2 amide bonds. The van der Waals surface area contributed by atoms with Gasteiger partial charge >= 0.3 is 0 Å². The lowest BCUT2D eigenvalue weighted by atomic mass is 10.1. The predicted molar refractivity (Wildman–Crippen MR) is 89.5 cm³/mol. The number of aliphatic hydroxyl groups is 1. The Morgan fingerprint density at radius 1 is 1.39 bits per heavy atom. The van der Waals surface area contributed by atoms with Crippen LogP contribution in [0.5, 0.6) is 0 Å². The summed E-state index contributed by atoms with van der Waals surface area (Å²) in [5.41, 5.74) is 1.42. The number of hydrogen-bond acceptors (Lipinski definition) is 4. The Bertz CT molecular complexity index is 580. The number of likely N-dealkylation sites (tertiary alicyclic amines) is 1. The highest BCUT2D eigenvalue weighted by molar-refractivity contribution is 6.31. The quantitative estimate of drug-likeness (QED) is 0.752. The number of amides is 2. The van der Waals surface area contributed by atoms with Gasteiger partial charge in [-0.2, -0.15) is 0 Å². The molecule has 3 N–H and O–H groups in total. The number of nitrogens with one attached hydrogen (secondary N) is 2. The van der Waals surface area contributed by atoms with Crippen molar-refractivity contribution in [2.45, 2.75) is 25.9 Å². The maximum Gasteiger partial charge on any atom is 0.243 e. The Morgan fingerprint density at radius 3 is 2.91 bits per heavy atom. The Labute approximate surface area is 140 Å². The van der Waals surface area contributed by atoms with Crippen molar-refractivity contribution in [2.24, 2.45) is 0 Å². The zero-order valence-electron chi connectivity index (χ0n) is 13.1. The third-order valence-electron chi connectivity index (χ3n) is 3.84. The van der Waals surface area contributed by atoms with Crippen LogP contribution >= 0.6 is 11.6 Å². The van der Waals surface area contributed by atoms with Crippen LogP contribution < -0.4 is 10.6 Å². The molecular weight excluding hydrogens is 318 g/mol. The normalized spacial score (nSPS) is 18.5. The van der Waals surface area contributed by atoms with Gasteiger partial charge in [-0.25, -0.2) is 0 Å². The van der Waals surface area contributed by atoms with E-state index in [9.17, 15) is 14.7 Å². The van der Waals surface area contributed by atoms with Gasteiger partial charge in [-0.05, 0) is 44.0 Å². The van der Waals surface area contributed by atoms with Crippen LogP contribution in [-0.2, 0) is 9.59 Å². The molecule has 1 aliphatic rings. The molecule has 1 fully saturated rings. The summed E-state index contributed by atoms with van der Waals surface area (Å²) in [5, 5.41) is 15.5. The van der Waals surface area contributed by atoms with Gasteiger partial charge in [-0.15, -0.1) is 0 Å². The minimum absolute atomic E-state index is 0.0961. The topological polar surface area (TPSA) is 81.7 Å². The maximum absolute atomic E-state index is 11.9. The molecule has 1 aromatic carbocycles. The fraction of sp³-hybridized carbons (Fsp3) is 0.500. The monoisotopic (exact) mass is 339 g/mol. The second kappa shape index (κ2) is 8.29. The number of nitrogens with zero attached hydrogens (tertiary/aromatic N) is 1. The number of carbonyl (C=O) groups is 2. The standard InChI is InChI=1S/C16H22ClN3O3/c1-11-13(17)5-2-6-14(11)19-15(22)8-18-16(23)10-20-7-3-4-12(21)9-20/h2,5-6,12,21H,3-4,7-10H2,1H3,(H,18,23)(H,19,22)/t12-/m0/s1. The first-order chi connectivity index (χ1) is 11.0. The van der Waals surface area contributed by atoms with Gasteiger partial charge in [-0.1, -0.05) is 17.7 Å². The zero-order chi connectivity index (χ0) is 16.8. The maximum atomic E-state index is 11.9. The Kier molecular flexibility index (Phi) is 6.38. The lowest BCUT2D eigenvalue weighted by molar-refractivity contribution is -0.125. The average molecular weight is 340 g/mol. The van der Waals surface area contributed by atoms with Gasteiger partial charge in [0.15, 0.2) is 0 Å². The van der Waals surface area contributed by atoms with Gasteiger partial charge in [0.05, 0.1) is 19.2 Å². The molecule has 0 aliphatic carbocycles. The molecule has 1 aromatic rings. The first-order valence-corrected chi connectivity index (χ1v) is 8.05. The van der Waals surface area contributed by atoms with Crippen molar-refractivity contribution in [3.63, 3.8) is 0 Å². The molecule has 0 radical (unpaired) electrons. The van der Waals surface area contributed by atoms with Crippen molar-refractivity contribution >= 4 is 29.1 Å². The number of aliphatic hydroxyl groups excluding tert-OH is 1. The van der Waals surface area contributed by atoms with Crippen molar-refractivity contribution in [1.29, 1.82) is 0 Å². The molecule has 23 heavy (non-hydrogen) atoms. The molecule has 7 heteroatoms. The Hall–Kier alpha value is -1.63. The zero-order valence-corrected chi connectivity index (χ0v) is 13.9. The van der Waals surface area contributed by atoms with Crippen LogP contribution in [-0.4, -0.2) is 54.1 Å². The summed E-state index contributed by atoms with van der Waals surface area (Å²) >= 11 is 6.00. The minimum atomic E-state index is -0.370. The number of carbonyl (C=O) groups excluding carboxylic acids is 2. The Morgan fingerprint density at radius 2 is 2.17 bits per heavy atom. The van der Waals surface area contributed by atoms with E-state index in [1.54, 1.807) is 18.2 Å². The van der Waals surface area contributed by atoms with E-state index in [2.05, 4.69) is 10.6 Å². The van der Waals surface area contributed by atoms with Crippen molar-refractivity contribution < 1.29 is 14.7 Å². The summed E-state index contributed by atoms with van der Waals surface area (Å²) < 4.78 is 0. The number of hydrogen-bond donors (Lipinski definition) is 3. The smallest absolute Gasteiger partial charge is 0.243 e. The summed E-state index contributed by atoms with van der Waals surface area (Å²) in [6, 6.07) is 5.27. The number of rotatable bonds is 5. The second-order valence-electron chi connectivity index (χ2n) is 5.77. The van der Waals surface area contributed by atoms with E-state index >= 15 is 0 Å². The number of piperidine rings is 1. The number of anilines is 1. The first-order valence-electron chi connectivity index (χ1n) is 7.68. The molecule has 0 aromatic heterocycles. The van der Waals surface area contributed by atoms with Crippen molar-refractivity contribution in [3.05, 3.63) is 28.8 Å². The van der Waals surface area contributed by atoms with Crippen LogP contribution in [0.4, 0.5) is 5.69 Å². The SMILES string of the molecule is Cc1c(Cl)cccc1NC(=O)CNC(=O)CN1CCC[C@H](O)C1. The molecule has 6 nitrogen and oxygen atoms in total. The summed E-state index contributed by atoms with van der Waals surface area (Å²) in [4.78, 5) is 25.7. The molecule has 1 heterocycles. The number of benzene rings is 1. The third kappa shape index (κ3) is 5.49. The second-order valence-corrected chi connectivity index (χ2v) is 6.18. The molecule has 0 unspecified atom stereocenters. The predicted octanol–water partition coefficient (Wildman–Crippen LogP) is 1.16. The largest absolute Gasteiger partial charge is 0.392 e. The lowest BCUT2D eigenvalue weighted by Crippen LogP contribution is -2.45. The molecule has 2 rings (SSSR count). The summed E-state index contributed by atoms with van der Waals surface area (Å²) in [6.07, 6.45) is 1.29. The van der Waals surface area contributed by atoms with Crippen LogP contribution in [0.1, 0.15) is 18.4 Å². The molecule has 0 bridgehead atoms. The minimum Gasteiger partial charge on any atom is -0.392 e. The summed E-state index contributed by atoms with van der Waals surface area (Å²) in [7, 11) is 0. The molecule has 0 saturated carbocycles. The van der Waals surface area contributed by atoms with E-state index in [1.807, 2.05) is 11.8 Å². The highest BCUT2D eigenvalue weighted by atomic mass is 35.5. The van der Waals surface area contributed by atoms with Gasteiger partial charge < -0.3 is 15.7 Å². The van der Waals surface area contributed by atoms with Crippen LogP contribution in [0.15, 0.2) is 18.2 Å². The number of β-amino-alcohol motifs (C(OH)–C–C–N with tert-alkyl or cyclic N) is 1. The van der Waals surface area contributed by atoms with Crippen LogP contribution in [0.25, 0.3) is 0 Å². The summed E-state index contributed by atoms with van der Waals surface area (Å²) in [6.45, 7) is 3.21. The van der Waals surface area contributed by atoms with Gasteiger partial charge in [0.1, 0.15) is 0 Å². The van der Waals surface area contributed by atoms with Crippen LogP contribution in [0, 0.1) is 6.92 Å². The van der Waals surface area contributed by atoms with Gasteiger partial charge in [0, 0.05) is 17.3 Å². The molecule has 1 atom stereocenters. The summed E-state index contributed by atoms with van der Waals surface area (Å²) in [5.74, 6) is -0.528. The average Bonchev–Trinajstić information content (AvgIpc) is 2.50. The highest BCUT2D eigenvalue weighted by Gasteiger charge is 2.19. The van der Waals surface area contributed by atoms with E-state index in [0.29, 0.717) is 17.3 Å².